The van der Waals surface area contributed by atoms with Crippen LogP contribution in [0.25, 0.3) is 22.2 Å². The lowest BCUT2D eigenvalue weighted by Crippen LogP contribution is -2.05. The molecule has 5 heteroatoms. The Morgan fingerprint density at radius 1 is 1.18 bits per heavy atom. The van der Waals surface area contributed by atoms with Crippen molar-refractivity contribution in [2.45, 2.75) is 13.2 Å². The van der Waals surface area contributed by atoms with Crippen LogP contribution in [0.15, 0.2) is 36.4 Å². The van der Waals surface area contributed by atoms with Crippen molar-refractivity contribution in [2.75, 3.05) is 7.11 Å². The number of aryl methyl sites for hydroxylation is 1. The van der Waals surface area contributed by atoms with Gasteiger partial charge in [0.25, 0.3) is 0 Å². The molecular formula is C17H18ClN3O. The molecule has 0 spiro atoms. The number of nitrogens with zero attached hydrogens (tertiary/aromatic N) is 2. The molecule has 4 nitrogen and oxygen atoms in total. The van der Waals surface area contributed by atoms with Gasteiger partial charge in [-0.05, 0) is 23.3 Å². The van der Waals surface area contributed by atoms with Crippen molar-refractivity contribution in [1.29, 1.82) is 0 Å². The number of aromatic nitrogens is 2. The first-order chi connectivity index (χ1) is 10.7. The molecule has 1 heterocycles. The molecule has 0 fully saturated rings. The average Bonchev–Trinajstić information content (AvgIpc) is 2.84. The Balaban J connectivity index is 2.29. The maximum absolute atomic E-state index is 6.35. The summed E-state index contributed by atoms with van der Waals surface area (Å²) in [6.45, 7) is 0.889. The fourth-order valence-electron chi connectivity index (χ4n) is 2.83. The number of methoxy groups -OCH3 is 1. The summed E-state index contributed by atoms with van der Waals surface area (Å²) < 4.78 is 7.25. The maximum Gasteiger partial charge on any atom is 0.135 e. The topological polar surface area (TPSA) is 53.1 Å². The molecule has 0 aliphatic rings. The first-order valence-corrected chi connectivity index (χ1v) is 7.46. The quantitative estimate of drug-likeness (QED) is 0.801. The fraction of sp³-hybridized carbons (Fsp3) is 0.235. The van der Waals surface area contributed by atoms with E-state index in [9.17, 15) is 0 Å². The predicted octanol–water partition coefficient (Wildman–Crippen LogP) is 3.50. The second-order valence-corrected chi connectivity index (χ2v) is 5.57. The molecule has 114 valence electrons. The summed E-state index contributed by atoms with van der Waals surface area (Å²) in [5.74, 6) is 0.878. The molecule has 0 radical (unpaired) electrons. The molecule has 2 aromatic carbocycles. The van der Waals surface area contributed by atoms with Gasteiger partial charge in [-0.25, -0.2) is 4.98 Å². The molecule has 22 heavy (non-hydrogen) atoms. The highest BCUT2D eigenvalue weighted by Crippen LogP contribution is 2.34. The first-order valence-electron chi connectivity index (χ1n) is 7.08. The van der Waals surface area contributed by atoms with Crippen LogP contribution in [0.3, 0.4) is 0 Å². The molecule has 0 bridgehead atoms. The van der Waals surface area contributed by atoms with E-state index < -0.39 is 0 Å². The molecule has 3 rings (SSSR count). The number of nitrogens with two attached hydrogens (primary N) is 1. The van der Waals surface area contributed by atoms with E-state index in [2.05, 4.69) is 4.98 Å². The van der Waals surface area contributed by atoms with Crippen molar-refractivity contribution >= 4 is 22.6 Å². The molecule has 0 atom stereocenters. The Kier molecular flexibility index (Phi) is 4.16. The molecule has 2 N–H and O–H groups in total. The molecule has 0 aliphatic carbocycles. The van der Waals surface area contributed by atoms with Crippen LogP contribution in [0.1, 0.15) is 11.4 Å². The van der Waals surface area contributed by atoms with Crippen molar-refractivity contribution in [2.24, 2.45) is 12.8 Å². The van der Waals surface area contributed by atoms with Crippen LogP contribution in [0.4, 0.5) is 0 Å². The number of rotatable bonds is 4. The molecule has 0 amide bonds. The second-order valence-electron chi connectivity index (χ2n) is 5.16. The van der Waals surface area contributed by atoms with Gasteiger partial charge < -0.3 is 15.0 Å². The number of imidazole rings is 1. The van der Waals surface area contributed by atoms with Gasteiger partial charge in [-0.2, -0.15) is 0 Å². The van der Waals surface area contributed by atoms with Crippen molar-refractivity contribution in [1.82, 2.24) is 9.55 Å². The highest BCUT2D eigenvalue weighted by molar-refractivity contribution is 6.33. The van der Waals surface area contributed by atoms with Gasteiger partial charge in [0.05, 0.1) is 11.0 Å². The monoisotopic (exact) mass is 315 g/mol. The Bertz CT molecular complexity index is 826. The lowest BCUT2D eigenvalue weighted by atomic mass is 9.98. The van der Waals surface area contributed by atoms with Gasteiger partial charge in [0.2, 0.25) is 0 Å². The van der Waals surface area contributed by atoms with Gasteiger partial charge in [0.15, 0.2) is 0 Å². The number of ether oxygens (including phenoxy) is 1. The van der Waals surface area contributed by atoms with Crippen molar-refractivity contribution < 1.29 is 4.74 Å². The SMILES string of the molecule is COCc1nc2ccc(-c3ccccc3Cl)c(CN)c2n1C. The van der Waals surface area contributed by atoms with Gasteiger partial charge in [-0.15, -0.1) is 0 Å². The highest BCUT2D eigenvalue weighted by Gasteiger charge is 2.16. The highest BCUT2D eigenvalue weighted by atomic mass is 35.5. The van der Waals surface area contributed by atoms with E-state index in [-0.39, 0.29) is 0 Å². The van der Waals surface area contributed by atoms with E-state index >= 15 is 0 Å². The molecule has 3 aromatic rings. The smallest absolute Gasteiger partial charge is 0.135 e. The average molecular weight is 316 g/mol. The normalized spacial score (nSPS) is 11.3. The van der Waals surface area contributed by atoms with Crippen LogP contribution in [-0.2, 0) is 24.9 Å². The Hall–Kier alpha value is -1.88. The summed E-state index contributed by atoms with van der Waals surface area (Å²) >= 11 is 6.35. The molecule has 1 aromatic heterocycles. The molecule has 0 unspecified atom stereocenters. The fourth-order valence-corrected chi connectivity index (χ4v) is 3.07. The third-order valence-corrected chi connectivity index (χ3v) is 4.20. The van der Waals surface area contributed by atoms with Gasteiger partial charge >= 0.3 is 0 Å². The summed E-state index contributed by atoms with van der Waals surface area (Å²) in [7, 11) is 3.65. The lowest BCUT2D eigenvalue weighted by molar-refractivity contribution is 0.176. The number of hydrogen-bond acceptors (Lipinski definition) is 3. The molecule has 0 saturated carbocycles. The van der Waals surface area contributed by atoms with E-state index in [0.29, 0.717) is 13.2 Å². The van der Waals surface area contributed by atoms with E-state index in [1.54, 1.807) is 7.11 Å². The standard InChI is InChI=1S/C17H18ClN3O/c1-21-16(10-22-2)20-15-8-7-11(13(9-19)17(15)21)12-5-3-4-6-14(12)18/h3-8H,9-10,19H2,1-2H3. The third-order valence-electron chi connectivity index (χ3n) is 3.88. The van der Waals surface area contributed by atoms with E-state index in [1.807, 2.05) is 48.0 Å². The minimum absolute atomic E-state index is 0.420. The summed E-state index contributed by atoms with van der Waals surface area (Å²) in [5, 5.41) is 0.718. The van der Waals surface area contributed by atoms with E-state index in [4.69, 9.17) is 22.1 Å². The Morgan fingerprint density at radius 2 is 1.95 bits per heavy atom. The van der Waals surface area contributed by atoms with Crippen molar-refractivity contribution in [3.8, 4) is 11.1 Å². The van der Waals surface area contributed by atoms with Crippen LogP contribution in [0.2, 0.25) is 5.02 Å². The largest absolute Gasteiger partial charge is 0.377 e. The van der Waals surface area contributed by atoms with Gasteiger partial charge in [-0.3, -0.25) is 0 Å². The first kappa shape index (κ1) is 15.0. The van der Waals surface area contributed by atoms with Crippen LogP contribution in [-0.4, -0.2) is 16.7 Å². The minimum atomic E-state index is 0.420. The minimum Gasteiger partial charge on any atom is -0.377 e. The van der Waals surface area contributed by atoms with Gasteiger partial charge in [-0.1, -0.05) is 35.9 Å². The zero-order valence-electron chi connectivity index (χ0n) is 12.6. The van der Waals surface area contributed by atoms with Crippen LogP contribution >= 0.6 is 11.6 Å². The second kappa shape index (κ2) is 6.08. The predicted molar refractivity (Wildman–Crippen MR) is 89.8 cm³/mol. The molecular weight excluding hydrogens is 298 g/mol. The zero-order chi connectivity index (χ0) is 15.7. The van der Waals surface area contributed by atoms with Crippen LogP contribution in [0, 0.1) is 0 Å². The van der Waals surface area contributed by atoms with E-state index in [0.717, 1.165) is 38.6 Å². The summed E-state index contributed by atoms with van der Waals surface area (Å²) in [6, 6.07) is 11.8. The lowest BCUT2D eigenvalue weighted by Gasteiger charge is -2.12. The van der Waals surface area contributed by atoms with E-state index in [1.165, 1.54) is 0 Å². The molecule has 0 aliphatic heterocycles. The summed E-state index contributed by atoms with van der Waals surface area (Å²) in [5.41, 5.74) is 11.1. The van der Waals surface area contributed by atoms with Crippen LogP contribution < -0.4 is 5.73 Å². The Labute approximate surface area is 134 Å². The maximum atomic E-state index is 6.35. The molecule has 0 saturated heterocycles. The van der Waals surface area contributed by atoms with Crippen LogP contribution in [0.5, 0.6) is 0 Å². The summed E-state index contributed by atoms with van der Waals surface area (Å²) in [4.78, 5) is 4.62. The van der Waals surface area contributed by atoms with Gasteiger partial charge in [0, 0.05) is 31.3 Å². The number of fused-ring (bicyclic) bond motifs is 1. The van der Waals surface area contributed by atoms with Crippen molar-refractivity contribution in [3.05, 3.63) is 52.8 Å². The van der Waals surface area contributed by atoms with Crippen molar-refractivity contribution in [3.63, 3.8) is 0 Å². The number of hydrogen-bond donors (Lipinski definition) is 1. The van der Waals surface area contributed by atoms with Gasteiger partial charge in [0.1, 0.15) is 12.4 Å². The Morgan fingerprint density at radius 3 is 2.64 bits per heavy atom. The summed E-state index contributed by atoms with van der Waals surface area (Å²) in [6.07, 6.45) is 0. The zero-order valence-corrected chi connectivity index (χ0v) is 13.4. The number of benzene rings is 2. The third kappa shape index (κ3) is 2.39. The number of halogens is 1.